The molecule has 4 rings (SSSR count). The first kappa shape index (κ1) is 24.1. The third kappa shape index (κ3) is 4.89. The average molecular weight is 490 g/mol. The van der Waals surface area contributed by atoms with Crippen molar-refractivity contribution in [2.24, 2.45) is 5.73 Å². The first-order chi connectivity index (χ1) is 16.3. The number of morpholine rings is 1. The molecule has 2 aliphatic heterocycles. The van der Waals surface area contributed by atoms with Gasteiger partial charge in [-0.25, -0.2) is 8.42 Å². The number of hydrogen-bond donors (Lipinski definition) is 1. The highest BCUT2D eigenvalue weighted by Crippen LogP contribution is 2.33. The van der Waals surface area contributed by atoms with Crippen molar-refractivity contribution in [3.05, 3.63) is 64.2 Å². The van der Waals surface area contributed by atoms with Crippen molar-refractivity contribution < 1.29 is 22.9 Å². The number of hydrogen-bond acceptors (Lipinski definition) is 8. The highest BCUT2D eigenvalue weighted by Gasteiger charge is 2.34. The number of piperazine rings is 1. The molecule has 0 spiro atoms. The van der Waals surface area contributed by atoms with Gasteiger partial charge in [0.2, 0.25) is 15.9 Å². The summed E-state index contributed by atoms with van der Waals surface area (Å²) in [7, 11) is -3.96. The molecule has 0 aliphatic carbocycles. The number of sulfonamides is 1. The summed E-state index contributed by atoms with van der Waals surface area (Å²) in [6, 6.07) is 12.6. The third-order valence-electron chi connectivity index (χ3n) is 6.15. The molecule has 12 heteroatoms. The van der Waals surface area contributed by atoms with Gasteiger partial charge in [-0.05, 0) is 11.6 Å². The molecular formula is C22H27N5O6S. The molecule has 0 saturated carbocycles. The van der Waals surface area contributed by atoms with E-state index in [2.05, 4.69) is 0 Å². The Kier molecular flexibility index (Phi) is 7.12. The van der Waals surface area contributed by atoms with Crippen LogP contribution in [-0.2, 0) is 19.6 Å². The maximum atomic E-state index is 13.4. The summed E-state index contributed by atoms with van der Waals surface area (Å²) >= 11 is 0. The fraction of sp³-hybridized carbons (Fsp3) is 0.409. The monoisotopic (exact) mass is 489 g/mol. The second-order valence-electron chi connectivity index (χ2n) is 8.16. The van der Waals surface area contributed by atoms with Gasteiger partial charge in [0.1, 0.15) is 10.9 Å². The van der Waals surface area contributed by atoms with Crippen molar-refractivity contribution in [3.8, 4) is 0 Å². The van der Waals surface area contributed by atoms with E-state index in [1.165, 1.54) is 16.4 Å². The fourth-order valence-corrected chi connectivity index (χ4v) is 6.06. The number of nitrogens with zero attached hydrogens (tertiary/aromatic N) is 4. The molecule has 2 aromatic rings. The molecule has 0 bridgehead atoms. The van der Waals surface area contributed by atoms with E-state index in [4.69, 9.17) is 10.5 Å². The van der Waals surface area contributed by atoms with E-state index >= 15 is 0 Å². The van der Waals surface area contributed by atoms with Crippen LogP contribution in [0.3, 0.4) is 0 Å². The van der Waals surface area contributed by atoms with Gasteiger partial charge in [0.25, 0.3) is 5.69 Å². The normalized spacial score (nSPS) is 19.0. The van der Waals surface area contributed by atoms with Crippen LogP contribution in [0.15, 0.2) is 53.4 Å². The van der Waals surface area contributed by atoms with Crippen molar-refractivity contribution in [2.45, 2.75) is 10.9 Å². The molecule has 0 radical (unpaired) electrons. The lowest BCUT2D eigenvalue weighted by Crippen LogP contribution is -2.51. The Labute approximate surface area is 197 Å². The summed E-state index contributed by atoms with van der Waals surface area (Å²) in [5.74, 6) is -0.453. The zero-order chi connectivity index (χ0) is 24.3. The maximum absolute atomic E-state index is 13.4. The largest absolute Gasteiger partial charge is 0.379 e. The topological polar surface area (TPSA) is 139 Å². The van der Waals surface area contributed by atoms with Crippen LogP contribution in [0.25, 0.3) is 0 Å². The summed E-state index contributed by atoms with van der Waals surface area (Å²) in [5.41, 5.74) is 6.63. The molecule has 2 aliphatic rings. The van der Waals surface area contributed by atoms with Crippen LogP contribution in [0.2, 0.25) is 0 Å². The van der Waals surface area contributed by atoms with Gasteiger partial charge in [-0.1, -0.05) is 30.3 Å². The lowest BCUT2D eigenvalue weighted by atomic mass is 10.0. The maximum Gasteiger partial charge on any atom is 0.270 e. The highest BCUT2D eigenvalue weighted by molar-refractivity contribution is 7.89. The van der Waals surface area contributed by atoms with Crippen molar-refractivity contribution in [2.75, 3.05) is 57.4 Å². The Hall–Kier alpha value is -3.06. The molecule has 1 atom stereocenters. The summed E-state index contributed by atoms with van der Waals surface area (Å²) in [6.45, 7) is 2.73. The van der Waals surface area contributed by atoms with Gasteiger partial charge < -0.3 is 15.4 Å². The van der Waals surface area contributed by atoms with E-state index in [0.29, 0.717) is 31.9 Å². The summed E-state index contributed by atoms with van der Waals surface area (Å²) in [5, 5.41) is 11.4. The number of rotatable bonds is 7. The molecule has 1 amide bonds. The van der Waals surface area contributed by atoms with Crippen molar-refractivity contribution in [3.63, 3.8) is 0 Å². The van der Waals surface area contributed by atoms with E-state index in [1.54, 1.807) is 0 Å². The fourth-order valence-electron chi connectivity index (χ4n) is 4.42. The number of benzene rings is 2. The van der Waals surface area contributed by atoms with Gasteiger partial charge >= 0.3 is 0 Å². The minimum absolute atomic E-state index is 0.0911. The molecular weight excluding hydrogens is 462 g/mol. The summed E-state index contributed by atoms with van der Waals surface area (Å²) < 4.78 is 33.4. The molecule has 1 unspecified atom stereocenters. The highest BCUT2D eigenvalue weighted by atomic mass is 32.2. The van der Waals surface area contributed by atoms with Crippen LogP contribution < -0.4 is 10.6 Å². The first-order valence-electron chi connectivity index (χ1n) is 11.0. The summed E-state index contributed by atoms with van der Waals surface area (Å²) in [4.78, 5) is 26.8. The number of nitro benzene ring substituents is 1. The minimum Gasteiger partial charge on any atom is -0.379 e. The van der Waals surface area contributed by atoms with Gasteiger partial charge in [0, 0.05) is 51.4 Å². The Morgan fingerprint density at radius 3 is 2.24 bits per heavy atom. The van der Waals surface area contributed by atoms with Crippen molar-refractivity contribution in [1.29, 1.82) is 0 Å². The van der Waals surface area contributed by atoms with Gasteiger partial charge in [0.15, 0.2) is 0 Å². The molecule has 34 heavy (non-hydrogen) atoms. The Morgan fingerprint density at radius 2 is 1.65 bits per heavy atom. The van der Waals surface area contributed by atoms with Gasteiger partial charge in [0.05, 0.1) is 23.8 Å². The molecule has 2 aromatic carbocycles. The SMILES string of the molecule is NC(=O)C(c1ccccc1)N1CCN(c2ccc([N+](=O)[O-])cc2S(=O)(=O)N2CCOCC2)CC1. The van der Waals surface area contributed by atoms with E-state index in [1.807, 2.05) is 40.1 Å². The molecule has 2 heterocycles. The molecule has 182 valence electrons. The lowest BCUT2D eigenvalue weighted by molar-refractivity contribution is -0.385. The van der Waals surface area contributed by atoms with Crippen LogP contribution in [0.5, 0.6) is 0 Å². The molecule has 11 nitrogen and oxygen atoms in total. The molecule has 2 N–H and O–H groups in total. The van der Waals surface area contributed by atoms with Gasteiger partial charge in [-0.3, -0.25) is 19.8 Å². The number of primary amides is 1. The number of carbonyl (C=O) groups excluding carboxylic acids is 1. The molecule has 2 fully saturated rings. The Balaban J connectivity index is 1.60. The quantitative estimate of drug-likeness (QED) is 0.448. The number of ether oxygens (including phenoxy) is 1. The van der Waals surface area contributed by atoms with E-state index in [-0.39, 0.29) is 36.9 Å². The molecule has 2 saturated heterocycles. The van der Waals surface area contributed by atoms with Crippen molar-refractivity contribution in [1.82, 2.24) is 9.21 Å². The van der Waals surface area contributed by atoms with Crippen LogP contribution in [0.1, 0.15) is 11.6 Å². The average Bonchev–Trinajstić information content (AvgIpc) is 2.85. The lowest BCUT2D eigenvalue weighted by Gasteiger charge is -2.40. The minimum atomic E-state index is -3.96. The number of amides is 1. The zero-order valence-electron chi connectivity index (χ0n) is 18.6. The number of nitro groups is 1. The number of nitrogens with two attached hydrogens (primary N) is 1. The zero-order valence-corrected chi connectivity index (χ0v) is 19.4. The standard InChI is InChI=1S/C22H27N5O6S/c23-22(28)21(17-4-2-1-3-5-17)25-10-8-24(9-11-25)19-7-6-18(27(29)30)16-20(19)34(31,32)26-12-14-33-15-13-26/h1-7,16,21H,8-15H2,(H2,23,28). The third-order valence-corrected chi connectivity index (χ3v) is 8.07. The van der Waals surface area contributed by atoms with Crippen molar-refractivity contribution >= 4 is 27.3 Å². The Morgan fingerprint density at radius 1 is 1.00 bits per heavy atom. The van der Waals surface area contributed by atoms with E-state index < -0.39 is 26.9 Å². The van der Waals surface area contributed by atoms with E-state index in [0.717, 1.165) is 11.6 Å². The Bertz CT molecular complexity index is 1150. The second-order valence-corrected chi connectivity index (χ2v) is 10.1. The number of anilines is 1. The smallest absolute Gasteiger partial charge is 0.270 e. The summed E-state index contributed by atoms with van der Waals surface area (Å²) in [6.07, 6.45) is 0. The number of non-ortho nitro benzene ring substituents is 1. The van der Waals surface area contributed by atoms with Crippen LogP contribution in [-0.4, -0.2) is 80.9 Å². The van der Waals surface area contributed by atoms with Crippen LogP contribution in [0.4, 0.5) is 11.4 Å². The predicted molar refractivity (Wildman–Crippen MR) is 125 cm³/mol. The van der Waals surface area contributed by atoms with Crippen LogP contribution >= 0.6 is 0 Å². The van der Waals surface area contributed by atoms with E-state index in [9.17, 15) is 23.3 Å². The van der Waals surface area contributed by atoms with Crippen LogP contribution in [0, 0.1) is 10.1 Å². The number of carbonyl (C=O) groups is 1. The van der Waals surface area contributed by atoms with Gasteiger partial charge in [-0.15, -0.1) is 0 Å². The molecule has 0 aromatic heterocycles. The van der Waals surface area contributed by atoms with Gasteiger partial charge in [-0.2, -0.15) is 4.31 Å². The second kappa shape index (κ2) is 10.1. The first-order valence-corrected chi connectivity index (χ1v) is 12.4. The predicted octanol–water partition coefficient (Wildman–Crippen LogP) is 0.964.